The Morgan fingerprint density at radius 1 is 1.03 bits per heavy atom. The van der Waals surface area contributed by atoms with Crippen LogP contribution in [0.25, 0.3) is 0 Å². The second kappa shape index (κ2) is 11.4. The number of aryl methyl sites for hydroxylation is 1. The van der Waals surface area contributed by atoms with Gasteiger partial charge in [0.2, 0.25) is 5.78 Å². The second-order valence-electron chi connectivity index (χ2n) is 7.36. The molecule has 0 bridgehead atoms. The molecule has 3 aromatic rings. The summed E-state index contributed by atoms with van der Waals surface area (Å²) in [4.78, 5) is 32.9. The fraction of sp³-hybridized carbons (Fsp3) is 0.192. The number of Topliss-reactive ketones (excluding diaryl/α,β-unsaturated/α-hetero) is 1. The summed E-state index contributed by atoms with van der Waals surface area (Å²) in [5.74, 6) is -1.13. The van der Waals surface area contributed by atoms with Crippen molar-refractivity contribution < 1.29 is 14.7 Å². The molecule has 1 amide bonds. The summed E-state index contributed by atoms with van der Waals surface area (Å²) in [6.45, 7) is 5.17. The monoisotopic (exact) mass is 463 g/mol. The molecule has 0 atom stereocenters. The number of aliphatic imine (C=N–C) groups is 1. The third-order valence-electron chi connectivity index (χ3n) is 5.12. The Morgan fingerprint density at radius 2 is 1.73 bits per heavy atom. The van der Waals surface area contributed by atoms with E-state index in [1.54, 1.807) is 60.7 Å². The molecule has 7 heteroatoms. The standard InChI is InChI=1S/C26H26ClN3O3/c1-3-30(15-16-31)20-13-14-22(18(2)17-20)28-24(25(32)19-9-5-4-6-10-19)26(33)29-23-12-8-7-11-21(23)27/h4-14,17,31H,3,15-16H2,1-2H3,(H,29,33). The summed E-state index contributed by atoms with van der Waals surface area (Å²) in [6, 6.07) is 20.9. The van der Waals surface area contributed by atoms with Crippen LogP contribution in [0.1, 0.15) is 22.8 Å². The number of benzene rings is 3. The number of amides is 1. The average molecular weight is 464 g/mol. The number of carbonyl (C=O) groups is 2. The van der Waals surface area contributed by atoms with Gasteiger partial charge in [0.25, 0.3) is 5.91 Å². The first-order chi connectivity index (χ1) is 15.9. The lowest BCUT2D eigenvalue weighted by molar-refractivity contribution is -0.110. The molecule has 0 saturated heterocycles. The van der Waals surface area contributed by atoms with E-state index in [2.05, 4.69) is 10.3 Å². The lowest BCUT2D eigenvalue weighted by Crippen LogP contribution is -2.30. The number of likely N-dealkylation sites (N-methyl/N-ethyl adjacent to an activating group) is 1. The molecule has 0 aliphatic carbocycles. The summed E-state index contributed by atoms with van der Waals surface area (Å²) >= 11 is 6.18. The van der Waals surface area contributed by atoms with E-state index in [0.29, 0.717) is 28.5 Å². The van der Waals surface area contributed by atoms with Crippen LogP contribution in [0.2, 0.25) is 5.02 Å². The smallest absolute Gasteiger partial charge is 0.278 e. The quantitative estimate of drug-likeness (QED) is 0.264. The van der Waals surface area contributed by atoms with E-state index in [1.807, 2.05) is 30.9 Å². The third-order valence-corrected chi connectivity index (χ3v) is 5.45. The molecule has 170 valence electrons. The van der Waals surface area contributed by atoms with Crippen LogP contribution in [-0.4, -0.2) is 42.2 Å². The van der Waals surface area contributed by atoms with Crippen LogP contribution >= 0.6 is 11.6 Å². The Hall–Kier alpha value is -3.48. The van der Waals surface area contributed by atoms with Gasteiger partial charge in [0.1, 0.15) is 0 Å². The van der Waals surface area contributed by atoms with Crippen molar-refractivity contribution in [2.45, 2.75) is 13.8 Å². The highest BCUT2D eigenvalue weighted by atomic mass is 35.5. The Bertz CT molecular complexity index is 1160. The van der Waals surface area contributed by atoms with Crippen molar-refractivity contribution in [3.63, 3.8) is 0 Å². The van der Waals surface area contributed by atoms with Crippen LogP contribution in [0.4, 0.5) is 17.1 Å². The number of aliphatic hydroxyl groups excluding tert-OH is 1. The highest BCUT2D eigenvalue weighted by molar-refractivity contribution is 6.70. The van der Waals surface area contributed by atoms with Crippen molar-refractivity contribution in [1.82, 2.24) is 0 Å². The number of carbonyl (C=O) groups excluding carboxylic acids is 2. The van der Waals surface area contributed by atoms with Crippen LogP contribution in [-0.2, 0) is 4.79 Å². The number of ketones is 1. The van der Waals surface area contributed by atoms with E-state index in [1.165, 1.54) is 0 Å². The zero-order chi connectivity index (χ0) is 23.8. The van der Waals surface area contributed by atoms with Crippen molar-refractivity contribution in [2.24, 2.45) is 4.99 Å². The molecule has 0 spiro atoms. The highest BCUT2D eigenvalue weighted by Gasteiger charge is 2.23. The minimum Gasteiger partial charge on any atom is -0.395 e. The van der Waals surface area contributed by atoms with Gasteiger partial charge in [0, 0.05) is 24.3 Å². The number of nitrogens with one attached hydrogen (secondary N) is 1. The van der Waals surface area contributed by atoms with Gasteiger partial charge in [0.05, 0.1) is 23.0 Å². The Kier molecular flexibility index (Phi) is 8.35. The molecule has 0 aromatic heterocycles. The first-order valence-electron chi connectivity index (χ1n) is 10.6. The average Bonchev–Trinajstić information content (AvgIpc) is 2.83. The number of rotatable bonds is 9. The van der Waals surface area contributed by atoms with E-state index >= 15 is 0 Å². The predicted molar refractivity (Wildman–Crippen MR) is 134 cm³/mol. The molecule has 3 rings (SSSR count). The normalized spacial score (nSPS) is 11.2. The number of hydrogen-bond acceptors (Lipinski definition) is 5. The van der Waals surface area contributed by atoms with Crippen LogP contribution in [0, 0.1) is 6.92 Å². The van der Waals surface area contributed by atoms with Gasteiger partial charge >= 0.3 is 0 Å². The highest BCUT2D eigenvalue weighted by Crippen LogP contribution is 2.26. The number of hydrogen-bond donors (Lipinski definition) is 2. The summed E-state index contributed by atoms with van der Waals surface area (Å²) in [6.07, 6.45) is 0. The second-order valence-corrected chi connectivity index (χ2v) is 7.77. The molecule has 33 heavy (non-hydrogen) atoms. The summed E-state index contributed by atoms with van der Waals surface area (Å²) in [5, 5.41) is 12.3. The molecule has 0 fully saturated rings. The van der Waals surface area contributed by atoms with Gasteiger partial charge in [-0.15, -0.1) is 0 Å². The van der Waals surface area contributed by atoms with Crippen molar-refractivity contribution in [1.29, 1.82) is 0 Å². The fourth-order valence-electron chi connectivity index (χ4n) is 3.35. The Labute approximate surface area is 198 Å². The predicted octanol–water partition coefficient (Wildman–Crippen LogP) is 5.06. The number of anilines is 2. The lowest BCUT2D eigenvalue weighted by atomic mass is 10.1. The topological polar surface area (TPSA) is 82.0 Å². The summed E-state index contributed by atoms with van der Waals surface area (Å²) < 4.78 is 0. The maximum atomic E-state index is 13.2. The first-order valence-corrected chi connectivity index (χ1v) is 11.0. The van der Waals surface area contributed by atoms with Crippen LogP contribution in [0.15, 0.2) is 77.8 Å². The third kappa shape index (κ3) is 6.06. The molecule has 0 aliphatic heterocycles. The number of para-hydroxylation sites is 1. The van der Waals surface area contributed by atoms with E-state index in [-0.39, 0.29) is 12.3 Å². The molecular formula is C26H26ClN3O3. The number of nitrogens with zero attached hydrogens (tertiary/aromatic N) is 2. The molecule has 0 saturated carbocycles. The fourth-order valence-corrected chi connectivity index (χ4v) is 3.53. The van der Waals surface area contributed by atoms with Gasteiger partial charge in [-0.3, -0.25) is 9.59 Å². The van der Waals surface area contributed by atoms with Gasteiger partial charge in [-0.1, -0.05) is 54.1 Å². The zero-order valence-electron chi connectivity index (χ0n) is 18.6. The minimum atomic E-state index is -0.643. The van der Waals surface area contributed by atoms with Crippen molar-refractivity contribution >= 4 is 46.1 Å². The van der Waals surface area contributed by atoms with Crippen LogP contribution < -0.4 is 10.2 Å². The maximum Gasteiger partial charge on any atom is 0.278 e. The van der Waals surface area contributed by atoms with Gasteiger partial charge in [-0.05, 0) is 49.7 Å². The Morgan fingerprint density at radius 3 is 2.36 bits per heavy atom. The zero-order valence-corrected chi connectivity index (χ0v) is 19.3. The molecule has 0 radical (unpaired) electrons. The minimum absolute atomic E-state index is 0.0464. The van der Waals surface area contributed by atoms with Gasteiger partial charge in [0.15, 0.2) is 5.71 Å². The molecule has 0 heterocycles. The van der Waals surface area contributed by atoms with E-state index in [9.17, 15) is 14.7 Å². The van der Waals surface area contributed by atoms with Gasteiger partial charge in [-0.25, -0.2) is 4.99 Å². The Balaban J connectivity index is 2.01. The molecule has 3 aromatic carbocycles. The van der Waals surface area contributed by atoms with Crippen molar-refractivity contribution in [2.75, 3.05) is 29.9 Å². The molecule has 0 unspecified atom stereocenters. The summed E-state index contributed by atoms with van der Waals surface area (Å²) in [5.41, 5.74) is 2.76. The molecule has 0 aliphatic rings. The number of halogens is 1. The van der Waals surface area contributed by atoms with E-state index in [4.69, 9.17) is 11.6 Å². The maximum absolute atomic E-state index is 13.2. The van der Waals surface area contributed by atoms with Gasteiger partial charge in [-0.2, -0.15) is 0 Å². The van der Waals surface area contributed by atoms with Crippen LogP contribution in [0.3, 0.4) is 0 Å². The first kappa shape index (κ1) is 24.2. The molecule has 6 nitrogen and oxygen atoms in total. The molecule has 2 N–H and O–H groups in total. The number of aliphatic hydroxyl groups is 1. The van der Waals surface area contributed by atoms with Gasteiger partial charge < -0.3 is 15.3 Å². The van der Waals surface area contributed by atoms with E-state index < -0.39 is 11.7 Å². The lowest BCUT2D eigenvalue weighted by Gasteiger charge is -2.22. The molecular weight excluding hydrogens is 438 g/mol. The SMILES string of the molecule is CCN(CCO)c1ccc(N=C(C(=O)Nc2ccccc2Cl)C(=O)c2ccccc2)c(C)c1. The van der Waals surface area contributed by atoms with Crippen molar-refractivity contribution in [3.05, 3.63) is 88.9 Å². The largest absolute Gasteiger partial charge is 0.395 e. The van der Waals surface area contributed by atoms with Crippen molar-refractivity contribution in [3.8, 4) is 0 Å². The van der Waals surface area contributed by atoms with Crippen LogP contribution in [0.5, 0.6) is 0 Å². The summed E-state index contributed by atoms with van der Waals surface area (Å²) in [7, 11) is 0. The van der Waals surface area contributed by atoms with E-state index in [0.717, 1.165) is 17.8 Å².